The highest BCUT2D eigenvalue weighted by atomic mass is 16.2. The smallest absolute Gasteiger partial charge is 0.222 e. The van der Waals surface area contributed by atoms with Gasteiger partial charge in [-0.3, -0.25) is 9.69 Å². The maximum atomic E-state index is 12.5. The number of aromatic amines is 1. The van der Waals surface area contributed by atoms with E-state index in [9.17, 15) is 4.79 Å². The van der Waals surface area contributed by atoms with E-state index in [1.807, 2.05) is 30.1 Å². The number of nitrogens with zero attached hydrogens (tertiary/aromatic N) is 3. The lowest BCUT2D eigenvalue weighted by Crippen LogP contribution is -2.34. The van der Waals surface area contributed by atoms with Crippen molar-refractivity contribution >= 4 is 5.91 Å². The number of benzene rings is 1. The minimum atomic E-state index is 0.255. The molecule has 0 aliphatic carbocycles. The van der Waals surface area contributed by atoms with E-state index in [1.54, 1.807) is 0 Å². The zero-order valence-corrected chi connectivity index (χ0v) is 17.6. The zero-order valence-electron chi connectivity index (χ0n) is 17.6. The lowest BCUT2D eigenvalue weighted by atomic mass is 9.92. The van der Waals surface area contributed by atoms with Gasteiger partial charge in [-0.2, -0.15) is 0 Å². The van der Waals surface area contributed by atoms with Crippen LogP contribution < -0.4 is 0 Å². The Morgan fingerprint density at radius 2 is 1.96 bits per heavy atom. The molecule has 2 aromatic rings. The number of imidazole rings is 1. The number of carbonyl (C=O) groups is 1. The summed E-state index contributed by atoms with van der Waals surface area (Å²) in [6.07, 6.45) is 4.98. The van der Waals surface area contributed by atoms with Crippen LogP contribution in [0.3, 0.4) is 0 Å². The maximum Gasteiger partial charge on any atom is 0.222 e. The van der Waals surface area contributed by atoms with Crippen molar-refractivity contribution in [3.63, 3.8) is 0 Å². The van der Waals surface area contributed by atoms with Gasteiger partial charge in [0.2, 0.25) is 5.91 Å². The topological polar surface area (TPSA) is 52.2 Å². The number of rotatable bonds is 8. The van der Waals surface area contributed by atoms with Crippen LogP contribution in [0.25, 0.3) is 0 Å². The third kappa shape index (κ3) is 5.68. The molecule has 1 aromatic carbocycles. The average Bonchev–Trinajstić information content (AvgIpc) is 3.07. The van der Waals surface area contributed by atoms with Crippen LogP contribution in [-0.4, -0.2) is 45.8 Å². The molecule has 1 aliphatic heterocycles. The van der Waals surface area contributed by atoms with Crippen molar-refractivity contribution in [1.29, 1.82) is 0 Å². The summed E-state index contributed by atoms with van der Waals surface area (Å²) in [4.78, 5) is 24.9. The molecule has 0 spiro atoms. The van der Waals surface area contributed by atoms with Gasteiger partial charge in [-0.05, 0) is 50.8 Å². The first kappa shape index (κ1) is 20.6. The minimum Gasteiger partial charge on any atom is -0.346 e. The lowest BCUT2D eigenvalue weighted by Gasteiger charge is -2.31. The molecule has 2 heterocycles. The monoisotopic (exact) mass is 382 g/mol. The van der Waals surface area contributed by atoms with Gasteiger partial charge in [-0.15, -0.1) is 0 Å². The summed E-state index contributed by atoms with van der Waals surface area (Å²) >= 11 is 0. The Hall–Kier alpha value is -2.14. The Kier molecular flexibility index (Phi) is 7.26. The highest BCUT2D eigenvalue weighted by Gasteiger charge is 2.22. The molecule has 3 rings (SSSR count). The number of piperidine rings is 1. The highest BCUT2D eigenvalue weighted by molar-refractivity contribution is 5.75. The van der Waals surface area contributed by atoms with E-state index >= 15 is 0 Å². The Balaban J connectivity index is 1.38. The fourth-order valence-electron chi connectivity index (χ4n) is 3.99. The predicted molar refractivity (Wildman–Crippen MR) is 113 cm³/mol. The second kappa shape index (κ2) is 9.87. The molecule has 5 nitrogen and oxygen atoms in total. The van der Waals surface area contributed by atoms with E-state index in [4.69, 9.17) is 4.98 Å². The summed E-state index contributed by atoms with van der Waals surface area (Å²) in [5.41, 5.74) is 3.57. The molecule has 1 amide bonds. The van der Waals surface area contributed by atoms with E-state index in [1.165, 1.54) is 29.8 Å². The van der Waals surface area contributed by atoms with Gasteiger partial charge in [-0.25, -0.2) is 4.98 Å². The molecule has 0 unspecified atom stereocenters. The summed E-state index contributed by atoms with van der Waals surface area (Å²) in [6.45, 7) is 8.09. The van der Waals surface area contributed by atoms with Gasteiger partial charge < -0.3 is 9.88 Å². The Morgan fingerprint density at radius 1 is 1.25 bits per heavy atom. The predicted octanol–water partition coefficient (Wildman–Crippen LogP) is 3.93. The molecule has 1 aliphatic rings. The van der Waals surface area contributed by atoms with Crippen molar-refractivity contribution in [3.05, 3.63) is 53.1 Å². The van der Waals surface area contributed by atoms with Crippen LogP contribution in [0.2, 0.25) is 0 Å². The summed E-state index contributed by atoms with van der Waals surface area (Å²) in [7, 11) is 1.91. The van der Waals surface area contributed by atoms with Crippen molar-refractivity contribution in [2.45, 2.75) is 59.0 Å². The van der Waals surface area contributed by atoms with Crippen molar-refractivity contribution in [1.82, 2.24) is 19.8 Å². The molecule has 0 radical (unpaired) electrons. The number of aromatic nitrogens is 2. The Labute approximate surface area is 169 Å². The van der Waals surface area contributed by atoms with Gasteiger partial charge in [0.05, 0.1) is 5.69 Å². The van der Waals surface area contributed by atoms with Gasteiger partial charge in [0.15, 0.2) is 0 Å². The molecule has 1 N–H and O–H groups in total. The summed E-state index contributed by atoms with van der Waals surface area (Å²) in [6, 6.07) is 10.2. The molecule has 1 fully saturated rings. The van der Waals surface area contributed by atoms with Gasteiger partial charge in [0.1, 0.15) is 5.82 Å². The third-order valence-electron chi connectivity index (χ3n) is 5.90. The fraction of sp³-hybridized carbons (Fsp3) is 0.565. The number of nitrogens with one attached hydrogen (secondary N) is 1. The lowest BCUT2D eigenvalue weighted by molar-refractivity contribution is -0.130. The molecule has 1 aromatic heterocycles. The molecule has 1 saturated heterocycles. The van der Waals surface area contributed by atoms with Crippen LogP contribution in [0.5, 0.6) is 0 Å². The van der Waals surface area contributed by atoms with E-state index in [2.05, 4.69) is 35.9 Å². The van der Waals surface area contributed by atoms with E-state index in [0.29, 0.717) is 18.9 Å². The highest BCUT2D eigenvalue weighted by Crippen LogP contribution is 2.24. The standard InChI is InChI=1S/C23H34N4O/c1-4-22-24-18(2)21(25-22)17-27-14-12-19(13-15-27)10-11-23(28)26(3)16-20-8-6-5-7-9-20/h5-9,19H,4,10-17H2,1-3H3,(H,24,25). The first-order chi connectivity index (χ1) is 13.5. The van der Waals surface area contributed by atoms with Crippen molar-refractivity contribution in [2.24, 2.45) is 5.92 Å². The minimum absolute atomic E-state index is 0.255. The number of carbonyl (C=O) groups excluding carboxylic acids is 1. The summed E-state index contributed by atoms with van der Waals surface area (Å²) in [5.74, 6) is 2.00. The van der Waals surface area contributed by atoms with Crippen LogP contribution in [0.15, 0.2) is 30.3 Å². The first-order valence-electron chi connectivity index (χ1n) is 10.6. The normalized spacial score (nSPS) is 15.7. The van der Waals surface area contributed by atoms with Gasteiger partial charge in [-0.1, -0.05) is 37.3 Å². The largest absolute Gasteiger partial charge is 0.346 e. The van der Waals surface area contributed by atoms with Crippen molar-refractivity contribution in [3.8, 4) is 0 Å². The SMILES string of the molecule is CCc1nc(CN2CCC(CCC(=O)N(C)Cc3ccccc3)CC2)c(C)[nH]1. The third-order valence-corrected chi connectivity index (χ3v) is 5.90. The Morgan fingerprint density at radius 3 is 2.61 bits per heavy atom. The molecule has 5 heteroatoms. The van der Waals surface area contributed by atoms with Crippen LogP contribution in [0, 0.1) is 12.8 Å². The van der Waals surface area contributed by atoms with Gasteiger partial charge >= 0.3 is 0 Å². The van der Waals surface area contributed by atoms with Crippen LogP contribution in [0.4, 0.5) is 0 Å². The number of aryl methyl sites for hydroxylation is 2. The number of likely N-dealkylation sites (tertiary alicyclic amines) is 1. The van der Waals surface area contributed by atoms with Crippen molar-refractivity contribution < 1.29 is 4.79 Å². The molecule has 28 heavy (non-hydrogen) atoms. The molecule has 0 atom stereocenters. The molecular weight excluding hydrogens is 348 g/mol. The quantitative estimate of drug-likeness (QED) is 0.753. The first-order valence-corrected chi connectivity index (χ1v) is 10.6. The molecular formula is C23H34N4O. The molecule has 0 saturated carbocycles. The average molecular weight is 383 g/mol. The maximum absolute atomic E-state index is 12.5. The number of amides is 1. The summed E-state index contributed by atoms with van der Waals surface area (Å²) < 4.78 is 0. The fourth-order valence-corrected chi connectivity index (χ4v) is 3.99. The second-order valence-electron chi connectivity index (χ2n) is 8.10. The van der Waals surface area contributed by atoms with Crippen LogP contribution >= 0.6 is 0 Å². The van der Waals surface area contributed by atoms with Gasteiger partial charge in [0.25, 0.3) is 0 Å². The molecule has 152 valence electrons. The molecule has 0 bridgehead atoms. The number of hydrogen-bond donors (Lipinski definition) is 1. The Bertz CT molecular complexity index is 747. The summed E-state index contributed by atoms with van der Waals surface area (Å²) in [5, 5.41) is 0. The van der Waals surface area contributed by atoms with Gasteiger partial charge in [0, 0.05) is 38.7 Å². The number of hydrogen-bond acceptors (Lipinski definition) is 3. The van der Waals surface area contributed by atoms with E-state index in [0.717, 1.165) is 38.3 Å². The van der Waals surface area contributed by atoms with Crippen LogP contribution in [0.1, 0.15) is 55.4 Å². The van der Waals surface area contributed by atoms with E-state index < -0.39 is 0 Å². The zero-order chi connectivity index (χ0) is 19.9. The van der Waals surface area contributed by atoms with Crippen LogP contribution in [-0.2, 0) is 24.3 Å². The van der Waals surface area contributed by atoms with E-state index in [-0.39, 0.29) is 5.91 Å². The number of H-pyrrole nitrogens is 1. The second-order valence-corrected chi connectivity index (χ2v) is 8.10. The van der Waals surface area contributed by atoms with Crippen molar-refractivity contribution in [2.75, 3.05) is 20.1 Å².